The molecule has 1 amide bonds. The van der Waals surface area contributed by atoms with Gasteiger partial charge in [0.25, 0.3) is 0 Å². The van der Waals surface area contributed by atoms with Gasteiger partial charge in [-0.3, -0.25) is 9.59 Å². The Labute approximate surface area is 109 Å². The molecule has 1 fully saturated rings. The van der Waals surface area contributed by atoms with Gasteiger partial charge in [-0.05, 0) is 19.4 Å². The van der Waals surface area contributed by atoms with Crippen molar-refractivity contribution < 1.29 is 14.7 Å². The smallest absolute Gasteiger partial charge is 0.303 e. The third-order valence-corrected chi connectivity index (χ3v) is 3.20. The van der Waals surface area contributed by atoms with E-state index in [1.165, 1.54) is 0 Å². The molecule has 1 aliphatic heterocycles. The number of carboxylic acids is 1. The lowest BCUT2D eigenvalue weighted by Gasteiger charge is -2.36. The van der Waals surface area contributed by atoms with Crippen molar-refractivity contribution in [2.75, 3.05) is 20.1 Å². The predicted octanol–water partition coefficient (Wildman–Crippen LogP) is 0.944. The van der Waals surface area contributed by atoms with Crippen LogP contribution in [0.15, 0.2) is 0 Å². The Morgan fingerprint density at radius 3 is 2.44 bits per heavy atom. The molecule has 2 atom stereocenters. The van der Waals surface area contributed by atoms with Crippen molar-refractivity contribution in [3.05, 3.63) is 0 Å². The lowest BCUT2D eigenvalue weighted by atomic mass is 9.90. The second-order valence-corrected chi connectivity index (χ2v) is 6.34. The van der Waals surface area contributed by atoms with Gasteiger partial charge in [-0.15, -0.1) is 0 Å². The van der Waals surface area contributed by atoms with Gasteiger partial charge in [-0.1, -0.05) is 20.8 Å². The van der Waals surface area contributed by atoms with Crippen molar-refractivity contribution in [3.8, 4) is 0 Å². The molecule has 1 rings (SSSR count). The van der Waals surface area contributed by atoms with E-state index in [1.54, 1.807) is 0 Å². The molecule has 18 heavy (non-hydrogen) atoms. The molecule has 0 aromatic heterocycles. The van der Waals surface area contributed by atoms with Crippen LogP contribution in [0.4, 0.5) is 0 Å². The number of piperidine rings is 1. The van der Waals surface area contributed by atoms with Crippen LogP contribution in [0.25, 0.3) is 0 Å². The van der Waals surface area contributed by atoms with Gasteiger partial charge in [0.15, 0.2) is 0 Å². The van der Waals surface area contributed by atoms with E-state index in [0.29, 0.717) is 0 Å². The second kappa shape index (κ2) is 5.69. The molecular weight excluding hydrogens is 232 g/mol. The number of nitrogens with zero attached hydrogens (tertiary/aromatic N) is 1. The normalized spacial score (nSPS) is 25.8. The highest BCUT2D eigenvalue weighted by atomic mass is 16.4. The number of hydrogen-bond acceptors (Lipinski definition) is 3. The van der Waals surface area contributed by atoms with Crippen LogP contribution in [0.3, 0.4) is 0 Å². The molecule has 1 heterocycles. The number of hydrogen-bond donors (Lipinski definition) is 2. The molecule has 0 aromatic rings. The monoisotopic (exact) mass is 256 g/mol. The number of likely N-dealkylation sites (tertiary alicyclic amines) is 1. The zero-order chi connectivity index (χ0) is 13.9. The van der Waals surface area contributed by atoms with Crippen LogP contribution in [-0.4, -0.2) is 48.1 Å². The molecule has 0 bridgehead atoms. The molecule has 5 nitrogen and oxygen atoms in total. The molecular formula is C13H24N2O3. The first kappa shape index (κ1) is 15.0. The largest absolute Gasteiger partial charge is 0.481 e. The first-order valence-electron chi connectivity index (χ1n) is 6.39. The number of amides is 1. The van der Waals surface area contributed by atoms with E-state index in [2.05, 4.69) is 10.2 Å². The van der Waals surface area contributed by atoms with E-state index in [9.17, 15) is 9.59 Å². The van der Waals surface area contributed by atoms with E-state index >= 15 is 0 Å². The van der Waals surface area contributed by atoms with Gasteiger partial charge in [0.2, 0.25) is 5.91 Å². The highest BCUT2D eigenvalue weighted by molar-refractivity contribution is 5.81. The van der Waals surface area contributed by atoms with Crippen LogP contribution in [-0.2, 0) is 9.59 Å². The van der Waals surface area contributed by atoms with E-state index in [-0.39, 0.29) is 24.3 Å². The van der Waals surface area contributed by atoms with Crippen molar-refractivity contribution in [2.24, 2.45) is 11.3 Å². The first-order valence-corrected chi connectivity index (χ1v) is 6.39. The predicted molar refractivity (Wildman–Crippen MR) is 69.2 cm³/mol. The average molecular weight is 256 g/mol. The van der Waals surface area contributed by atoms with E-state index < -0.39 is 11.4 Å². The summed E-state index contributed by atoms with van der Waals surface area (Å²) in [5.41, 5.74) is -0.404. The summed E-state index contributed by atoms with van der Waals surface area (Å²) >= 11 is 0. The first-order chi connectivity index (χ1) is 8.18. The zero-order valence-corrected chi connectivity index (χ0v) is 11.7. The number of carboxylic acid groups (broad SMARTS) is 1. The Hall–Kier alpha value is -1.10. The summed E-state index contributed by atoms with van der Waals surface area (Å²) < 4.78 is 0. The number of rotatable bonds is 3. The van der Waals surface area contributed by atoms with Gasteiger partial charge in [-0.2, -0.15) is 0 Å². The highest BCUT2D eigenvalue weighted by Gasteiger charge is 2.30. The summed E-state index contributed by atoms with van der Waals surface area (Å²) in [6.07, 6.45) is 0.921. The summed E-state index contributed by atoms with van der Waals surface area (Å²) in [4.78, 5) is 24.8. The topological polar surface area (TPSA) is 69.6 Å². The van der Waals surface area contributed by atoms with Gasteiger partial charge in [0.1, 0.15) is 0 Å². The molecule has 0 radical (unpaired) electrons. The average Bonchev–Trinajstić information content (AvgIpc) is 2.13. The van der Waals surface area contributed by atoms with Crippen molar-refractivity contribution in [1.82, 2.24) is 10.2 Å². The van der Waals surface area contributed by atoms with E-state index in [1.807, 2.05) is 27.8 Å². The number of carbonyl (C=O) groups excluding carboxylic acids is 1. The molecule has 0 saturated carbocycles. The fraction of sp³-hybridized carbons (Fsp3) is 0.846. The van der Waals surface area contributed by atoms with Crippen LogP contribution in [0, 0.1) is 11.3 Å². The summed E-state index contributed by atoms with van der Waals surface area (Å²) in [5, 5.41) is 11.9. The van der Waals surface area contributed by atoms with Gasteiger partial charge < -0.3 is 15.3 Å². The van der Waals surface area contributed by atoms with E-state index in [0.717, 1.165) is 19.5 Å². The Balaban J connectivity index is 2.56. The van der Waals surface area contributed by atoms with Gasteiger partial charge in [-0.25, -0.2) is 0 Å². The summed E-state index contributed by atoms with van der Waals surface area (Å²) in [5.74, 6) is -0.625. The third kappa shape index (κ3) is 4.64. The van der Waals surface area contributed by atoms with Crippen molar-refractivity contribution in [2.45, 2.75) is 39.7 Å². The number of nitrogens with one attached hydrogen (secondary N) is 1. The molecule has 0 aliphatic carbocycles. The second-order valence-electron chi connectivity index (χ2n) is 6.34. The molecule has 5 heteroatoms. The Bertz CT molecular complexity index is 323. The molecule has 2 N–H and O–H groups in total. The molecule has 0 spiro atoms. The fourth-order valence-corrected chi connectivity index (χ4v) is 2.34. The maximum absolute atomic E-state index is 11.9. The van der Waals surface area contributed by atoms with E-state index in [4.69, 9.17) is 5.11 Å². The SMILES string of the molecule is CN1CC(CC(=O)O)CC(NC(=O)C(C)(C)C)C1. The molecule has 1 saturated heterocycles. The minimum atomic E-state index is -0.767. The Morgan fingerprint density at radius 2 is 1.94 bits per heavy atom. The van der Waals surface area contributed by atoms with Crippen molar-refractivity contribution >= 4 is 11.9 Å². The zero-order valence-electron chi connectivity index (χ0n) is 11.7. The number of aliphatic carboxylic acids is 1. The minimum Gasteiger partial charge on any atom is -0.481 e. The van der Waals surface area contributed by atoms with Crippen LogP contribution in [0.2, 0.25) is 0 Å². The molecule has 1 aliphatic rings. The maximum atomic E-state index is 11.9. The molecule has 0 aromatic carbocycles. The maximum Gasteiger partial charge on any atom is 0.303 e. The van der Waals surface area contributed by atoms with Gasteiger partial charge in [0, 0.05) is 31.0 Å². The van der Waals surface area contributed by atoms with Crippen molar-refractivity contribution in [1.29, 1.82) is 0 Å². The summed E-state index contributed by atoms with van der Waals surface area (Å²) in [6, 6.07) is 0.0554. The summed E-state index contributed by atoms with van der Waals surface area (Å²) in [7, 11) is 1.96. The number of likely N-dealkylation sites (N-methyl/N-ethyl adjacent to an activating group) is 1. The summed E-state index contributed by atoms with van der Waals surface area (Å²) in [6.45, 7) is 7.21. The lowest BCUT2D eigenvalue weighted by molar-refractivity contribution is -0.138. The molecule has 2 unspecified atom stereocenters. The van der Waals surface area contributed by atoms with Gasteiger partial charge >= 0.3 is 5.97 Å². The third-order valence-electron chi connectivity index (χ3n) is 3.20. The van der Waals surface area contributed by atoms with Crippen molar-refractivity contribution in [3.63, 3.8) is 0 Å². The lowest BCUT2D eigenvalue weighted by Crippen LogP contribution is -2.52. The minimum absolute atomic E-state index is 0.0249. The Morgan fingerprint density at radius 1 is 1.33 bits per heavy atom. The van der Waals surface area contributed by atoms with Crippen LogP contribution in [0.1, 0.15) is 33.6 Å². The quantitative estimate of drug-likeness (QED) is 0.788. The Kier molecular flexibility index (Phi) is 4.73. The van der Waals surface area contributed by atoms with Crippen LogP contribution >= 0.6 is 0 Å². The number of carbonyl (C=O) groups is 2. The van der Waals surface area contributed by atoms with Crippen LogP contribution in [0.5, 0.6) is 0 Å². The highest BCUT2D eigenvalue weighted by Crippen LogP contribution is 2.21. The fourth-order valence-electron chi connectivity index (χ4n) is 2.34. The van der Waals surface area contributed by atoms with Crippen LogP contribution < -0.4 is 5.32 Å². The standard InChI is InChI=1S/C13H24N2O3/c1-13(2,3)12(18)14-10-5-9(6-11(16)17)7-15(4)8-10/h9-10H,5-8H2,1-4H3,(H,14,18)(H,16,17). The van der Waals surface area contributed by atoms with Gasteiger partial charge in [0.05, 0.1) is 0 Å². The molecule has 104 valence electrons.